The van der Waals surface area contributed by atoms with Crippen molar-refractivity contribution in [1.82, 2.24) is 19.9 Å². The fraction of sp³-hybridized carbons (Fsp3) is 0.538. The molecule has 0 aliphatic carbocycles. The molecule has 2 aromatic rings. The molecule has 2 heterocycles. The van der Waals surface area contributed by atoms with Crippen LogP contribution in [0.2, 0.25) is 0 Å². The standard InChI is InChI=1S/C13H19N5O3S/c1-13(2,3)21-12(20)16-7-4-6-14-10-17-18-9(19)5-8-15-11(18)22-10/h5,8H,4,6-7H2,1-3H3,(H,14,17)(H,16,20). The number of rotatable bonds is 5. The van der Waals surface area contributed by atoms with Gasteiger partial charge >= 0.3 is 6.09 Å². The van der Waals surface area contributed by atoms with E-state index >= 15 is 0 Å². The monoisotopic (exact) mass is 325 g/mol. The summed E-state index contributed by atoms with van der Waals surface area (Å²) in [5.41, 5.74) is -0.704. The van der Waals surface area contributed by atoms with Crippen molar-refractivity contribution in [3.8, 4) is 0 Å². The van der Waals surface area contributed by atoms with E-state index in [0.717, 1.165) is 0 Å². The molecule has 1 amide bonds. The molecule has 0 aromatic carbocycles. The summed E-state index contributed by atoms with van der Waals surface area (Å²) < 4.78 is 6.38. The van der Waals surface area contributed by atoms with Gasteiger partial charge in [0.25, 0.3) is 5.56 Å². The summed E-state index contributed by atoms with van der Waals surface area (Å²) in [5.74, 6) is 0. The lowest BCUT2D eigenvalue weighted by Gasteiger charge is -2.19. The minimum Gasteiger partial charge on any atom is -0.444 e. The van der Waals surface area contributed by atoms with Crippen LogP contribution in [0.15, 0.2) is 17.1 Å². The molecule has 0 atom stereocenters. The average molecular weight is 325 g/mol. The van der Waals surface area contributed by atoms with Gasteiger partial charge in [-0.25, -0.2) is 9.78 Å². The zero-order valence-corrected chi connectivity index (χ0v) is 13.6. The van der Waals surface area contributed by atoms with E-state index in [4.69, 9.17) is 4.74 Å². The Morgan fingerprint density at radius 1 is 1.41 bits per heavy atom. The second-order valence-electron chi connectivity index (χ2n) is 5.59. The normalized spacial score (nSPS) is 11.4. The van der Waals surface area contributed by atoms with Crippen molar-refractivity contribution in [2.45, 2.75) is 32.8 Å². The van der Waals surface area contributed by atoms with Crippen LogP contribution in [0.3, 0.4) is 0 Å². The Morgan fingerprint density at radius 2 is 2.18 bits per heavy atom. The molecule has 9 heteroatoms. The van der Waals surface area contributed by atoms with Gasteiger partial charge in [0.2, 0.25) is 10.1 Å². The number of alkyl carbamates (subject to hydrolysis) is 1. The summed E-state index contributed by atoms with van der Waals surface area (Å²) in [6.45, 7) is 6.56. The Labute approximate surface area is 131 Å². The van der Waals surface area contributed by atoms with Crippen LogP contribution >= 0.6 is 11.3 Å². The molecule has 0 radical (unpaired) electrons. The highest BCUT2D eigenvalue weighted by atomic mass is 32.1. The molecule has 2 N–H and O–H groups in total. The van der Waals surface area contributed by atoms with Crippen molar-refractivity contribution < 1.29 is 9.53 Å². The number of anilines is 1. The Kier molecular flexibility index (Phi) is 4.96. The second-order valence-corrected chi connectivity index (χ2v) is 6.55. The van der Waals surface area contributed by atoms with E-state index in [1.807, 2.05) is 20.8 Å². The van der Waals surface area contributed by atoms with Crippen molar-refractivity contribution in [3.05, 3.63) is 22.6 Å². The van der Waals surface area contributed by atoms with Gasteiger partial charge in [0.05, 0.1) is 0 Å². The van der Waals surface area contributed by atoms with Crippen molar-refractivity contribution in [3.63, 3.8) is 0 Å². The summed E-state index contributed by atoms with van der Waals surface area (Å²) in [4.78, 5) is 27.6. The molecule has 0 aliphatic heterocycles. The van der Waals surface area contributed by atoms with Gasteiger partial charge in [0, 0.05) is 25.4 Å². The third kappa shape index (κ3) is 4.69. The fourth-order valence-corrected chi connectivity index (χ4v) is 2.40. The molecule has 0 saturated carbocycles. The molecule has 22 heavy (non-hydrogen) atoms. The second kappa shape index (κ2) is 6.73. The van der Waals surface area contributed by atoms with E-state index in [1.165, 1.54) is 28.1 Å². The Balaban J connectivity index is 1.73. The van der Waals surface area contributed by atoms with E-state index in [0.29, 0.717) is 29.6 Å². The van der Waals surface area contributed by atoms with Crippen LogP contribution in [0.25, 0.3) is 4.96 Å². The molecule has 120 valence electrons. The lowest BCUT2D eigenvalue weighted by atomic mass is 10.2. The van der Waals surface area contributed by atoms with Crippen molar-refractivity contribution in [1.29, 1.82) is 0 Å². The molecule has 0 saturated heterocycles. The molecule has 2 aromatic heterocycles. The van der Waals surface area contributed by atoms with Crippen LogP contribution in [0.4, 0.5) is 9.93 Å². The number of fused-ring (bicyclic) bond motifs is 1. The van der Waals surface area contributed by atoms with E-state index in [2.05, 4.69) is 20.7 Å². The number of nitrogens with zero attached hydrogens (tertiary/aromatic N) is 3. The van der Waals surface area contributed by atoms with Gasteiger partial charge in [-0.05, 0) is 27.2 Å². The predicted molar refractivity (Wildman–Crippen MR) is 84.5 cm³/mol. The lowest BCUT2D eigenvalue weighted by molar-refractivity contribution is 0.0528. The molecule has 0 aliphatic rings. The largest absolute Gasteiger partial charge is 0.444 e. The van der Waals surface area contributed by atoms with E-state index in [-0.39, 0.29) is 5.56 Å². The van der Waals surface area contributed by atoms with Gasteiger partial charge in [-0.15, -0.1) is 5.10 Å². The Bertz CT molecular complexity index is 703. The van der Waals surface area contributed by atoms with Gasteiger partial charge < -0.3 is 15.4 Å². The van der Waals surface area contributed by atoms with Crippen molar-refractivity contribution in [2.24, 2.45) is 0 Å². The predicted octanol–water partition coefficient (Wildman–Crippen LogP) is 1.48. The molecule has 2 rings (SSSR count). The fourth-order valence-electron chi connectivity index (χ4n) is 1.60. The van der Waals surface area contributed by atoms with Gasteiger partial charge in [0.15, 0.2) is 0 Å². The number of hydrogen-bond acceptors (Lipinski definition) is 7. The number of aromatic nitrogens is 3. The number of amides is 1. The van der Waals surface area contributed by atoms with Gasteiger partial charge in [0.1, 0.15) is 5.60 Å². The maximum absolute atomic E-state index is 11.5. The zero-order chi connectivity index (χ0) is 16.2. The molecule has 0 unspecified atom stereocenters. The van der Waals surface area contributed by atoms with Crippen LogP contribution in [-0.2, 0) is 4.74 Å². The maximum Gasteiger partial charge on any atom is 0.407 e. The summed E-state index contributed by atoms with van der Waals surface area (Å²) in [6, 6.07) is 1.36. The first-order valence-electron chi connectivity index (χ1n) is 6.91. The molecular weight excluding hydrogens is 306 g/mol. The van der Waals surface area contributed by atoms with Gasteiger partial charge in [-0.3, -0.25) is 4.79 Å². The topological polar surface area (TPSA) is 97.6 Å². The molecule has 0 spiro atoms. The zero-order valence-electron chi connectivity index (χ0n) is 12.8. The summed E-state index contributed by atoms with van der Waals surface area (Å²) in [6.07, 6.45) is 1.74. The number of carbonyl (C=O) groups is 1. The van der Waals surface area contributed by atoms with Crippen LogP contribution < -0.4 is 16.2 Å². The Morgan fingerprint density at radius 3 is 2.86 bits per heavy atom. The highest BCUT2D eigenvalue weighted by Crippen LogP contribution is 2.15. The summed E-state index contributed by atoms with van der Waals surface area (Å²) in [7, 11) is 0. The van der Waals surface area contributed by atoms with Crippen LogP contribution in [-0.4, -0.2) is 39.4 Å². The van der Waals surface area contributed by atoms with Crippen LogP contribution in [0.1, 0.15) is 27.2 Å². The number of hydrogen-bond donors (Lipinski definition) is 2. The SMILES string of the molecule is CC(C)(C)OC(=O)NCCCNc1nn2c(=O)ccnc2s1. The average Bonchev–Trinajstić information content (AvgIpc) is 2.80. The van der Waals surface area contributed by atoms with Crippen LogP contribution in [0, 0.1) is 0 Å². The first-order valence-corrected chi connectivity index (χ1v) is 7.72. The molecular formula is C13H19N5O3S. The summed E-state index contributed by atoms with van der Waals surface area (Å²) >= 11 is 1.30. The quantitative estimate of drug-likeness (QED) is 0.808. The minimum atomic E-state index is -0.496. The van der Waals surface area contributed by atoms with Gasteiger partial charge in [-0.2, -0.15) is 4.52 Å². The first-order chi connectivity index (χ1) is 10.3. The number of nitrogens with one attached hydrogen (secondary N) is 2. The minimum absolute atomic E-state index is 0.208. The van der Waals surface area contributed by atoms with Crippen LogP contribution in [0.5, 0.6) is 0 Å². The highest BCUT2D eigenvalue weighted by Gasteiger charge is 2.15. The molecule has 8 nitrogen and oxygen atoms in total. The van der Waals surface area contributed by atoms with E-state index < -0.39 is 11.7 Å². The maximum atomic E-state index is 11.5. The Hall–Kier alpha value is -2.16. The van der Waals surface area contributed by atoms with Crippen molar-refractivity contribution >= 4 is 27.5 Å². The van der Waals surface area contributed by atoms with E-state index in [9.17, 15) is 9.59 Å². The van der Waals surface area contributed by atoms with E-state index in [1.54, 1.807) is 0 Å². The smallest absolute Gasteiger partial charge is 0.407 e. The van der Waals surface area contributed by atoms with Gasteiger partial charge in [-0.1, -0.05) is 11.3 Å². The summed E-state index contributed by atoms with van der Waals surface area (Å²) in [5, 5.41) is 10.5. The molecule has 0 bridgehead atoms. The highest BCUT2D eigenvalue weighted by molar-refractivity contribution is 7.20. The third-order valence-corrected chi connectivity index (χ3v) is 3.35. The number of carbonyl (C=O) groups excluding carboxylic acids is 1. The number of ether oxygens (including phenoxy) is 1. The molecule has 0 fully saturated rings. The third-order valence-electron chi connectivity index (χ3n) is 2.47. The van der Waals surface area contributed by atoms with Crippen molar-refractivity contribution in [2.75, 3.05) is 18.4 Å². The first kappa shape index (κ1) is 16.2. The lowest BCUT2D eigenvalue weighted by Crippen LogP contribution is -2.33.